The molecule has 3 aliphatic rings. The molecule has 12 nitrogen and oxygen atoms in total. The highest BCUT2D eigenvalue weighted by Gasteiger charge is 2.34. The normalized spacial score (nSPS) is 22.1. The molecule has 3 atom stereocenters. The number of hydrogen-bond acceptors (Lipinski definition) is 9. The van der Waals surface area contributed by atoms with Crippen molar-refractivity contribution in [2.75, 3.05) is 37.5 Å². The van der Waals surface area contributed by atoms with Gasteiger partial charge in [-0.2, -0.15) is 5.26 Å². The molecule has 4 heterocycles. The van der Waals surface area contributed by atoms with E-state index in [9.17, 15) is 19.6 Å². The summed E-state index contributed by atoms with van der Waals surface area (Å²) in [6, 6.07) is 4.98. The number of carbonyl (C=O) groups is 3. The smallest absolute Gasteiger partial charge is 0.328 e. The quantitative estimate of drug-likeness (QED) is 0.504. The molecule has 2 aromatic heterocycles. The van der Waals surface area contributed by atoms with Crippen LogP contribution in [0.1, 0.15) is 52.9 Å². The minimum atomic E-state index is -0.466. The number of methoxy groups -OCH3 is 2. The summed E-state index contributed by atoms with van der Waals surface area (Å²) in [5, 5.41) is 12.2. The van der Waals surface area contributed by atoms with Crippen LogP contribution in [0.5, 0.6) is 5.75 Å². The van der Waals surface area contributed by atoms with Crippen LogP contribution in [0.2, 0.25) is 0 Å². The molecule has 2 fully saturated rings. The monoisotopic (exact) mass is 534 g/mol. The number of hydrogen-bond donors (Lipinski definition) is 1. The van der Waals surface area contributed by atoms with E-state index in [2.05, 4.69) is 21.4 Å². The van der Waals surface area contributed by atoms with Crippen LogP contribution in [0.25, 0.3) is 0 Å². The largest absolute Gasteiger partial charge is 0.486 e. The minimum Gasteiger partial charge on any atom is -0.486 e. The number of urea groups is 1. The van der Waals surface area contributed by atoms with Crippen LogP contribution in [-0.2, 0) is 27.2 Å². The van der Waals surface area contributed by atoms with E-state index in [0.717, 1.165) is 18.4 Å². The van der Waals surface area contributed by atoms with Crippen LogP contribution in [0.4, 0.5) is 16.4 Å². The Kier molecular flexibility index (Phi) is 7.72. The molecule has 0 spiro atoms. The molecule has 0 aromatic carbocycles. The number of nitrogens with one attached hydrogen (secondary N) is 1. The first kappa shape index (κ1) is 26.5. The Balaban J connectivity index is 1.34. The van der Waals surface area contributed by atoms with Crippen molar-refractivity contribution in [3.63, 3.8) is 0 Å². The van der Waals surface area contributed by atoms with Crippen LogP contribution in [-0.4, -0.2) is 78.7 Å². The van der Waals surface area contributed by atoms with Gasteiger partial charge in [0.05, 0.1) is 12.3 Å². The van der Waals surface area contributed by atoms with Gasteiger partial charge in [0.25, 0.3) is 5.91 Å². The molecule has 1 saturated heterocycles. The van der Waals surface area contributed by atoms with Crippen LogP contribution < -0.4 is 15.0 Å². The molecule has 2 aromatic rings. The second-order valence-corrected chi connectivity index (χ2v) is 9.78. The molecular weight excluding hydrogens is 504 g/mol. The third-order valence-corrected chi connectivity index (χ3v) is 7.48. The molecule has 2 aliphatic heterocycles. The Morgan fingerprint density at radius 3 is 2.69 bits per heavy atom. The molecule has 1 saturated carbocycles. The van der Waals surface area contributed by atoms with Crippen LogP contribution >= 0.6 is 0 Å². The summed E-state index contributed by atoms with van der Waals surface area (Å²) < 4.78 is 16.6. The first-order valence-corrected chi connectivity index (χ1v) is 12.9. The molecule has 39 heavy (non-hydrogen) atoms. The number of aryl methyl sites for hydroxylation is 1. The molecule has 5 rings (SSSR count). The van der Waals surface area contributed by atoms with Gasteiger partial charge in [-0.15, -0.1) is 0 Å². The summed E-state index contributed by atoms with van der Waals surface area (Å²) in [4.78, 5) is 49.6. The Labute approximate surface area is 225 Å². The topological polar surface area (TPSA) is 147 Å². The highest BCUT2D eigenvalue weighted by Crippen LogP contribution is 2.32. The average molecular weight is 535 g/mol. The Bertz CT molecular complexity index is 1320. The van der Waals surface area contributed by atoms with Gasteiger partial charge in [-0.25, -0.2) is 14.8 Å². The zero-order valence-electron chi connectivity index (χ0n) is 21.9. The summed E-state index contributed by atoms with van der Waals surface area (Å²) in [5.41, 5.74) is 1.90. The third kappa shape index (κ3) is 5.28. The summed E-state index contributed by atoms with van der Waals surface area (Å²) in [6.45, 7) is 1.19. The fourth-order valence-corrected chi connectivity index (χ4v) is 5.15. The lowest BCUT2D eigenvalue weighted by atomic mass is 9.92. The van der Waals surface area contributed by atoms with E-state index in [1.165, 1.54) is 24.3 Å². The van der Waals surface area contributed by atoms with Gasteiger partial charge in [-0.05, 0) is 37.3 Å². The minimum absolute atomic E-state index is 0.0411. The Morgan fingerprint density at radius 2 is 2.03 bits per heavy atom. The first-order valence-electron chi connectivity index (χ1n) is 12.9. The highest BCUT2D eigenvalue weighted by molar-refractivity contribution is 6.01. The van der Waals surface area contributed by atoms with Crippen LogP contribution in [0.3, 0.4) is 0 Å². The Hall–Kier alpha value is -4.08. The number of ether oxygens (including phenoxy) is 3. The number of rotatable bonds is 8. The van der Waals surface area contributed by atoms with E-state index in [1.54, 1.807) is 12.0 Å². The number of aromatic nitrogens is 2. The van der Waals surface area contributed by atoms with E-state index in [-0.39, 0.29) is 41.7 Å². The highest BCUT2D eigenvalue weighted by atomic mass is 16.5. The maximum absolute atomic E-state index is 13.3. The number of aldehydes is 1. The lowest BCUT2D eigenvalue weighted by Gasteiger charge is -2.35. The zero-order valence-corrected chi connectivity index (χ0v) is 21.9. The van der Waals surface area contributed by atoms with Crippen molar-refractivity contribution in [1.82, 2.24) is 14.9 Å². The van der Waals surface area contributed by atoms with Gasteiger partial charge >= 0.3 is 6.03 Å². The first-order chi connectivity index (χ1) is 18.9. The number of anilines is 2. The summed E-state index contributed by atoms with van der Waals surface area (Å²) in [7, 11) is 3.13. The van der Waals surface area contributed by atoms with Gasteiger partial charge in [0, 0.05) is 51.9 Å². The molecule has 0 bridgehead atoms. The van der Waals surface area contributed by atoms with Crippen molar-refractivity contribution < 1.29 is 28.6 Å². The Morgan fingerprint density at radius 1 is 1.21 bits per heavy atom. The van der Waals surface area contributed by atoms with E-state index in [1.807, 2.05) is 6.07 Å². The van der Waals surface area contributed by atoms with E-state index in [4.69, 9.17) is 14.2 Å². The van der Waals surface area contributed by atoms with Gasteiger partial charge in [-0.3, -0.25) is 19.8 Å². The van der Waals surface area contributed by atoms with Crippen molar-refractivity contribution in [1.29, 1.82) is 5.26 Å². The molecule has 204 valence electrons. The van der Waals surface area contributed by atoms with Crippen molar-refractivity contribution in [3.05, 3.63) is 40.7 Å². The third-order valence-electron chi connectivity index (χ3n) is 7.48. The van der Waals surface area contributed by atoms with Crippen molar-refractivity contribution in [2.45, 2.75) is 57.0 Å². The lowest BCUT2D eigenvalue weighted by molar-refractivity contribution is -0.136. The van der Waals surface area contributed by atoms with E-state index < -0.39 is 12.1 Å². The zero-order chi connectivity index (χ0) is 27.5. The second kappa shape index (κ2) is 11.3. The van der Waals surface area contributed by atoms with Crippen molar-refractivity contribution in [2.24, 2.45) is 0 Å². The van der Waals surface area contributed by atoms with Gasteiger partial charge in [0.1, 0.15) is 46.9 Å². The van der Waals surface area contributed by atoms with Crippen LogP contribution in [0, 0.1) is 11.3 Å². The number of likely N-dealkylation sites (tertiary alicyclic amines) is 1. The number of carbonyl (C=O) groups excluding carboxylic acids is 3. The summed E-state index contributed by atoms with van der Waals surface area (Å²) in [6.07, 6.45) is 5.00. The predicted octanol–water partition coefficient (Wildman–Crippen LogP) is 2.45. The number of nitriles is 1. The number of amides is 3. The maximum Gasteiger partial charge on any atom is 0.328 e. The maximum atomic E-state index is 13.3. The molecule has 3 amide bonds. The number of nitrogens with zero attached hydrogens (tertiary/aromatic N) is 5. The summed E-state index contributed by atoms with van der Waals surface area (Å²) in [5.74, 6) is 0.838. The molecule has 1 aliphatic carbocycles. The molecule has 12 heteroatoms. The second-order valence-electron chi connectivity index (χ2n) is 9.78. The van der Waals surface area contributed by atoms with Gasteiger partial charge < -0.3 is 19.1 Å². The molecular formula is C27H30N6O6. The van der Waals surface area contributed by atoms with Gasteiger partial charge in [-0.1, -0.05) is 0 Å². The van der Waals surface area contributed by atoms with Crippen LogP contribution in [0.15, 0.2) is 18.3 Å². The lowest BCUT2D eigenvalue weighted by Crippen LogP contribution is -2.42. The fraction of sp³-hybridized carbons (Fsp3) is 0.481. The fourth-order valence-electron chi connectivity index (χ4n) is 5.15. The van der Waals surface area contributed by atoms with E-state index in [0.29, 0.717) is 55.8 Å². The van der Waals surface area contributed by atoms with Crippen molar-refractivity contribution in [3.8, 4) is 11.8 Å². The van der Waals surface area contributed by atoms with Gasteiger partial charge in [0.15, 0.2) is 6.29 Å². The summed E-state index contributed by atoms with van der Waals surface area (Å²) >= 11 is 0. The number of fused-ring (bicyclic) bond motifs is 1. The molecule has 1 N–H and O–H groups in total. The number of pyridine rings is 2. The standard InChI is InChI=1S/C27H30N6O6/c1-37-20-5-6-21(20)39-23-11-24(29-13-18(23)12-28)31-27(36)33-8-3-4-16-10-17(19(15-34)30-25(16)33)14-32-9-7-22(38-2)26(32)35/h10-11,13,15,20-22H,3-9,14H2,1-2H3,(H,29,31,36)/t20-,21-,22-/m0/s1. The average Bonchev–Trinajstić information content (AvgIpc) is 3.29. The SMILES string of the molecule is CO[C@H]1CCN(Cc2cc3c(nc2C=O)N(C(=O)Nc2cc(O[C@H]4CC[C@@H]4OC)c(C#N)cn2)CCC3)C1=O. The van der Waals surface area contributed by atoms with Crippen molar-refractivity contribution >= 4 is 29.9 Å². The molecule has 0 unspecified atom stereocenters. The predicted molar refractivity (Wildman–Crippen MR) is 139 cm³/mol. The molecule has 0 radical (unpaired) electrons. The van der Waals surface area contributed by atoms with E-state index >= 15 is 0 Å². The van der Waals surface area contributed by atoms with Gasteiger partial charge in [0.2, 0.25) is 0 Å².